The van der Waals surface area contributed by atoms with E-state index in [1.807, 2.05) is 35.1 Å². The Morgan fingerprint density at radius 3 is 2.84 bits per heavy atom. The van der Waals surface area contributed by atoms with Crippen LogP contribution in [0, 0.1) is 17.0 Å². The number of carbonyl (C=O) groups is 1. The Morgan fingerprint density at radius 1 is 1.22 bits per heavy atom. The number of nitro groups is 1. The number of nitrogens with one attached hydrogen (secondary N) is 1. The van der Waals surface area contributed by atoms with E-state index in [9.17, 15) is 14.9 Å². The molecule has 3 aromatic heterocycles. The molecule has 1 amide bonds. The lowest BCUT2D eigenvalue weighted by atomic mass is 10.2. The quantitative estimate of drug-likeness (QED) is 0.319. The van der Waals surface area contributed by atoms with Crippen LogP contribution in [0.3, 0.4) is 0 Å². The minimum absolute atomic E-state index is 0.0702. The van der Waals surface area contributed by atoms with Gasteiger partial charge in [0.05, 0.1) is 22.3 Å². The van der Waals surface area contributed by atoms with Gasteiger partial charge < -0.3 is 5.32 Å². The topological polar surface area (TPSA) is 133 Å². The maximum atomic E-state index is 13.1. The minimum Gasteiger partial charge on any atom is -0.341 e. The first-order valence-corrected chi connectivity index (χ1v) is 11.2. The number of nitro benzene ring substituents is 1. The van der Waals surface area contributed by atoms with Crippen LogP contribution in [0.15, 0.2) is 48.7 Å². The summed E-state index contributed by atoms with van der Waals surface area (Å²) >= 11 is 1.67. The van der Waals surface area contributed by atoms with E-state index in [4.69, 9.17) is 0 Å². The van der Waals surface area contributed by atoms with Crippen LogP contribution in [0.1, 0.15) is 34.5 Å². The zero-order valence-electron chi connectivity index (χ0n) is 17.4. The van der Waals surface area contributed by atoms with Crippen LogP contribution >= 0.6 is 11.8 Å². The number of carbonyl (C=O) groups excluding carboxylic acids is 1. The molecule has 4 aromatic rings. The third-order valence-electron chi connectivity index (χ3n) is 4.96. The van der Waals surface area contributed by atoms with Gasteiger partial charge in [-0.2, -0.15) is 11.8 Å². The van der Waals surface area contributed by atoms with Gasteiger partial charge in [0.15, 0.2) is 17.2 Å². The van der Waals surface area contributed by atoms with Crippen molar-refractivity contribution in [2.24, 2.45) is 0 Å². The molecule has 12 heteroatoms. The Labute approximate surface area is 187 Å². The fourth-order valence-electron chi connectivity index (χ4n) is 3.35. The number of nitrogens with zero attached hydrogens (tertiary/aromatic N) is 7. The van der Waals surface area contributed by atoms with E-state index in [1.165, 1.54) is 16.8 Å². The van der Waals surface area contributed by atoms with Gasteiger partial charge in [0.25, 0.3) is 11.6 Å². The second-order valence-electron chi connectivity index (χ2n) is 7.01. The molecule has 1 atom stereocenters. The summed E-state index contributed by atoms with van der Waals surface area (Å²) < 4.78 is 3.25. The maximum Gasteiger partial charge on any atom is 0.274 e. The lowest BCUT2D eigenvalue weighted by Gasteiger charge is -2.16. The van der Waals surface area contributed by atoms with Gasteiger partial charge in [0, 0.05) is 18.3 Å². The van der Waals surface area contributed by atoms with Crippen LogP contribution in [0.5, 0.6) is 0 Å². The van der Waals surface area contributed by atoms with Gasteiger partial charge in [-0.1, -0.05) is 17.3 Å². The van der Waals surface area contributed by atoms with Gasteiger partial charge in [-0.05, 0) is 43.6 Å². The van der Waals surface area contributed by atoms with Crippen molar-refractivity contribution in [3.8, 4) is 5.69 Å². The van der Waals surface area contributed by atoms with Gasteiger partial charge in [0.1, 0.15) is 0 Å². The molecule has 1 N–H and O–H groups in total. The molecule has 1 aromatic carbocycles. The van der Waals surface area contributed by atoms with Crippen LogP contribution in [0.25, 0.3) is 11.3 Å². The molecule has 164 valence electrons. The normalized spacial score (nSPS) is 12.1. The highest BCUT2D eigenvalue weighted by Gasteiger charge is 2.24. The first-order chi connectivity index (χ1) is 15.5. The number of hydrogen-bond donors (Lipinski definition) is 1. The van der Waals surface area contributed by atoms with E-state index < -0.39 is 10.8 Å². The van der Waals surface area contributed by atoms with Crippen molar-refractivity contribution in [3.05, 3.63) is 76.0 Å². The summed E-state index contributed by atoms with van der Waals surface area (Å²) in [4.78, 5) is 23.7. The van der Waals surface area contributed by atoms with Crippen molar-refractivity contribution < 1.29 is 9.72 Å². The molecule has 0 bridgehead atoms. The largest absolute Gasteiger partial charge is 0.341 e. The molecule has 0 saturated carbocycles. The number of amides is 1. The van der Waals surface area contributed by atoms with Crippen LogP contribution in [-0.2, 0) is 0 Å². The number of benzene rings is 1. The lowest BCUT2D eigenvalue weighted by molar-refractivity contribution is -0.384. The number of aromatic nitrogens is 6. The van der Waals surface area contributed by atoms with Crippen molar-refractivity contribution in [1.82, 2.24) is 34.9 Å². The standard InChI is InChI=1S/C20H20N8O3S/c1-13-18(23-25-27(13)14-6-5-7-15(12-14)28(30)31)20(29)21-16(9-11-32-2)19-24-22-17-8-3-4-10-26(17)19/h3-8,10,12,16H,9,11H2,1-2H3,(H,21,29). The highest BCUT2D eigenvalue weighted by atomic mass is 32.2. The Hall–Kier alpha value is -3.80. The summed E-state index contributed by atoms with van der Waals surface area (Å²) in [5.74, 6) is 1.04. The lowest BCUT2D eigenvalue weighted by Crippen LogP contribution is -2.31. The molecule has 1 unspecified atom stereocenters. The molecule has 32 heavy (non-hydrogen) atoms. The van der Waals surface area contributed by atoms with E-state index >= 15 is 0 Å². The third-order valence-corrected chi connectivity index (χ3v) is 5.61. The maximum absolute atomic E-state index is 13.1. The molecule has 0 saturated heterocycles. The number of non-ortho nitro benzene ring substituents is 1. The molecule has 0 aliphatic heterocycles. The van der Waals surface area contributed by atoms with Crippen molar-refractivity contribution in [2.45, 2.75) is 19.4 Å². The van der Waals surface area contributed by atoms with Crippen molar-refractivity contribution in [1.29, 1.82) is 0 Å². The Morgan fingerprint density at radius 2 is 2.06 bits per heavy atom. The number of thioether (sulfide) groups is 1. The SMILES string of the molecule is CSCCC(NC(=O)c1nnn(-c2cccc([N+](=O)[O-])c2)c1C)c1nnc2ccccn12. The highest BCUT2D eigenvalue weighted by Crippen LogP contribution is 2.21. The average Bonchev–Trinajstić information content (AvgIpc) is 3.40. The van der Waals surface area contributed by atoms with E-state index in [0.717, 1.165) is 5.75 Å². The third kappa shape index (κ3) is 4.17. The smallest absolute Gasteiger partial charge is 0.274 e. The van der Waals surface area contributed by atoms with Crippen LogP contribution in [0.2, 0.25) is 0 Å². The highest BCUT2D eigenvalue weighted by molar-refractivity contribution is 7.98. The zero-order chi connectivity index (χ0) is 22.7. The van der Waals surface area contributed by atoms with Crippen molar-refractivity contribution >= 4 is 29.0 Å². The molecule has 3 heterocycles. The average molecular weight is 453 g/mol. The Bertz CT molecular complexity index is 1280. The molecule has 0 spiro atoms. The van der Waals surface area contributed by atoms with Gasteiger partial charge in [-0.15, -0.1) is 15.3 Å². The second-order valence-corrected chi connectivity index (χ2v) is 7.99. The van der Waals surface area contributed by atoms with Crippen molar-refractivity contribution in [3.63, 3.8) is 0 Å². The summed E-state index contributed by atoms with van der Waals surface area (Å²) in [5.41, 5.74) is 1.68. The van der Waals surface area contributed by atoms with Crippen LogP contribution in [0.4, 0.5) is 5.69 Å². The van der Waals surface area contributed by atoms with Gasteiger partial charge in [-0.3, -0.25) is 19.3 Å². The number of rotatable bonds is 8. The summed E-state index contributed by atoms with van der Waals surface area (Å²) in [7, 11) is 0. The molecule has 11 nitrogen and oxygen atoms in total. The molecule has 4 rings (SSSR count). The predicted octanol–water partition coefficient (Wildman–Crippen LogP) is 2.75. The number of hydrogen-bond acceptors (Lipinski definition) is 8. The van der Waals surface area contributed by atoms with Gasteiger partial charge >= 0.3 is 0 Å². The monoisotopic (exact) mass is 452 g/mol. The summed E-state index contributed by atoms with van der Waals surface area (Å²) in [6, 6.07) is 11.2. The van der Waals surface area contributed by atoms with E-state index in [-0.39, 0.29) is 17.4 Å². The van der Waals surface area contributed by atoms with E-state index in [0.29, 0.717) is 29.3 Å². The first-order valence-electron chi connectivity index (χ1n) is 9.76. The summed E-state index contributed by atoms with van der Waals surface area (Å²) in [5, 5.41) is 30.6. The Kier molecular flexibility index (Phi) is 6.12. The predicted molar refractivity (Wildman–Crippen MR) is 119 cm³/mol. The molecule has 0 fully saturated rings. The zero-order valence-corrected chi connectivity index (χ0v) is 18.2. The van der Waals surface area contributed by atoms with Crippen LogP contribution < -0.4 is 5.32 Å². The van der Waals surface area contributed by atoms with E-state index in [1.54, 1.807) is 30.8 Å². The first kappa shape index (κ1) is 21.4. The summed E-state index contributed by atoms with van der Waals surface area (Å²) in [6.07, 6.45) is 4.50. The molecule has 0 aliphatic rings. The van der Waals surface area contributed by atoms with Gasteiger partial charge in [-0.25, -0.2) is 4.68 Å². The fraction of sp³-hybridized carbons (Fsp3) is 0.250. The molecule has 0 aliphatic carbocycles. The summed E-state index contributed by atoms with van der Waals surface area (Å²) in [6.45, 7) is 1.69. The van der Waals surface area contributed by atoms with E-state index in [2.05, 4.69) is 25.8 Å². The molecular weight excluding hydrogens is 432 g/mol. The van der Waals surface area contributed by atoms with Crippen molar-refractivity contribution in [2.75, 3.05) is 12.0 Å². The number of fused-ring (bicyclic) bond motifs is 1. The molecular formula is C20H20N8O3S. The Balaban J connectivity index is 1.62. The second kappa shape index (κ2) is 9.14. The molecule has 0 radical (unpaired) electrons. The minimum atomic E-state index is -0.484. The fourth-order valence-corrected chi connectivity index (χ4v) is 3.82. The van der Waals surface area contributed by atoms with Crippen LogP contribution in [-0.4, -0.2) is 52.4 Å². The van der Waals surface area contributed by atoms with Gasteiger partial charge in [0.2, 0.25) is 0 Å². The number of pyridine rings is 1.